The highest BCUT2D eigenvalue weighted by Gasteiger charge is 2.42. The van der Waals surface area contributed by atoms with Gasteiger partial charge in [0.05, 0.1) is 0 Å². The van der Waals surface area contributed by atoms with Crippen LogP contribution in [0.2, 0.25) is 0 Å². The SMILES string of the molecule is Bc1cc(F)c(C(F)(F)Oc2ccc(-c3cc(F)c(F)c(F)c3)c(F)c2)c(F)c1/C=C\C. The van der Waals surface area contributed by atoms with Crippen molar-refractivity contribution < 1.29 is 39.9 Å². The van der Waals surface area contributed by atoms with E-state index in [1.54, 1.807) is 0 Å². The van der Waals surface area contributed by atoms with Crippen LogP contribution >= 0.6 is 0 Å². The molecule has 3 aromatic carbocycles. The molecular formula is C22H13BF8O. The highest BCUT2D eigenvalue weighted by Crippen LogP contribution is 2.37. The minimum atomic E-state index is -4.53. The molecule has 0 N–H and O–H groups in total. The number of hydrogen-bond acceptors (Lipinski definition) is 1. The molecule has 0 radical (unpaired) electrons. The molecule has 0 aliphatic heterocycles. The van der Waals surface area contributed by atoms with Crippen LogP contribution in [0.5, 0.6) is 5.75 Å². The summed E-state index contributed by atoms with van der Waals surface area (Å²) in [6, 6.07) is 3.85. The monoisotopic (exact) mass is 456 g/mol. The van der Waals surface area contributed by atoms with Crippen molar-refractivity contribution in [2.75, 3.05) is 0 Å². The molecule has 1 nitrogen and oxygen atoms in total. The molecule has 0 saturated carbocycles. The smallest absolute Gasteiger partial charge is 0.429 e. The van der Waals surface area contributed by atoms with Gasteiger partial charge in [-0.05, 0) is 42.8 Å². The van der Waals surface area contributed by atoms with Crippen molar-refractivity contribution in [3.8, 4) is 16.9 Å². The summed E-state index contributed by atoms with van der Waals surface area (Å²) in [5.74, 6) is -10.1. The lowest BCUT2D eigenvalue weighted by Crippen LogP contribution is -2.28. The second-order valence-corrected chi connectivity index (χ2v) is 6.79. The van der Waals surface area contributed by atoms with Gasteiger partial charge in [0.25, 0.3) is 0 Å². The Hall–Kier alpha value is -3.30. The fraction of sp³-hybridized carbons (Fsp3) is 0.0909. The quantitative estimate of drug-likeness (QED) is 0.276. The average Bonchev–Trinajstić information content (AvgIpc) is 2.68. The van der Waals surface area contributed by atoms with E-state index < -0.39 is 63.5 Å². The van der Waals surface area contributed by atoms with Gasteiger partial charge in [0, 0.05) is 17.2 Å². The number of hydrogen-bond donors (Lipinski definition) is 0. The van der Waals surface area contributed by atoms with Crippen LogP contribution in [-0.2, 0) is 6.11 Å². The second kappa shape index (κ2) is 8.68. The first kappa shape index (κ1) is 23.4. The van der Waals surface area contributed by atoms with Gasteiger partial charge in [-0.1, -0.05) is 17.6 Å². The standard InChI is InChI=1S/C22H13BF8O/c1-2-3-13-14(23)9-16(25)19(20(13)28)22(30,31)32-11-4-5-12(15(24)8-11)10-6-17(26)21(29)18(27)7-10/h2-9H,23H2,1H3/b3-2-. The van der Waals surface area contributed by atoms with E-state index in [9.17, 15) is 35.1 Å². The Kier molecular flexibility index (Phi) is 6.34. The Bertz CT molecular complexity index is 1200. The van der Waals surface area contributed by atoms with Gasteiger partial charge in [-0.15, -0.1) is 0 Å². The van der Waals surface area contributed by atoms with Gasteiger partial charge in [-0.25, -0.2) is 26.3 Å². The minimum Gasteiger partial charge on any atom is -0.429 e. The average molecular weight is 456 g/mol. The van der Waals surface area contributed by atoms with Gasteiger partial charge in [-0.2, -0.15) is 8.78 Å². The molecular weight excluding hydrogens is 443 g/mol. The van der Waals surface area contributed by atoms with Gasteiger partial charge in [0.15, 0.2) is 17.5 Å². The molecule has 0 fully saturated rings. The third kappa shape index (κ3) is 4.35. The lowest BCUT2D eigenvalue weighted by Gasteiger charge is -2.21. The van der Waals surface area contributed by atoms with E-state index in [4.69, 9.17) is 0 Å². The molecule has 0 heterocycles. The third-order valence-electron chi connectivity index (χ3n) is 4.57. The number of benzene rings is 3. The minimum absolute atomic E-state index is 0.0757. The summed E-state index contributed by atoms with van der Waals surface area (Å²) in [5.41, 5.74) is -2.70. The Morgan fingerprint density at radius 3 is 2.00 bits per heavy atom. The van der Waals surface area contributed by atoms with Crippen molar-refractivity contribution in [3.05, 3.63) is 88.5 Å². The number of halogens is 8. The van der Waals surface area contributed by atoms with Crippen LogP contribution in [0.4, 0.5) is 35.1 Å². The van der Waals surface area contributed by atoms with Gasteiger partial charge in [-0.3, -0.25) is 0 Å². The Morgan fingerprint density at radius 1 is 0.812 bits per heavy atom. The molecule has 3 aromatic rings. The number of allylic oxidation sites excluding steroid dienone is 1. The van der Waals surface area contributed by atoms with Crippen molar-refractivity contribution in [3.63, 3.8) is 0 Å². The largest absolute Gasteiger partial charge is 0.432 e. The summed E-state index contributed by atoms with van der Waals surface area (Å²) in [6.45, 7) is 1.51. The molecule has 10 heteroatoms. The fourth-order valence-electron chi connectivity index (χ4n) is 3.09. The first-order valence-corrected chi connectivity index (χ1v) is 9.09. The molecule has 0 bridgehead atoms. The molecule has 0 unspecified atom stereocenters. The van der Waals surface area contributed by atoms with Crippen LogP contribution < -0.4 is 10.2 Å². The predicted octanol–water partition coefficient (Wildman–Crippen LogP) is 5.61. The lowest BCUT2D eigenvalue weighted by atomic mass is 9.88. The lowest BCUT2D eigenvalue weighted by molar-refractivity contribution is -0.189. The Labute approximate surface area is 178 Å². The highest BCUT2D eigenvalue weighted by molar-refractivity contribution is 6.34. The van der Waals surface area contributed by atoms with E-state index in [1.807, 2.05) is 0 Å². The van der Waals surface area contributed by atoms with Crippen molar-refractivity contribution in [2.24, 2.45) is 0 Å². The van der Waals surface area contributed by atoms with Gasteiger partial charge in [0.2, 0.25) is 0 Å². The molecule has 0 aliphatic rings. The van der Waals surface area contributed by atoms with E-state index in [2.05, 4.69) is 4.74 Å². The fourth-order valence-corrected chi connectivity index (χ4v) is 3.09. The number of rotatable bonds is 5. The van der Waals surface area contributed by atoms with E-state index in [-0.39, 0.29) is 11.0 Å². The molecule has 0 aromatic heterocycles. The number of ether oxygens (including phenoxy) is 1. The third-order valence-corrected chi connectivity index (χ3v) is 4.57. The van der Waals surface area contributed by atoms with E-state index in [0.29, 0.717) is 24.3 Å². The molecule has 0 spiro atoms. The molecule has 0 saturated heterocycles. The van der Waals surface area contributed by atoms with E-state index >= 15 is 0 Å². The van der Waals surface area contributed by atoms with Crippen molar-refractivity contribution >= 4 is 19.4 Å². The van der Waals surface area contributed by atoms with Crippen LogP contribution in [0.3, 0.4) is 0 Å². The summed E-state index contributed by atoms with van der Waals surface area (Å²) >= 11 is 0. The van der Waals surface area contributed by atoms with E-state index in [0.717, 1.165) is 12.1 Å². The first-order valence-electron chi connectivity index (χ1n) is 9.09. The molecule has 0 atom stereocenters. The topological polar surface area (TPSA) is 9.23 Å². The zero-order valence-electron chi connectivity index (χ0n) is 16.6. The normalized spacial score (nSPS) is 11.9. The molecule has 0 amide bonds. The number of alkyl halides is 2. The second-order valence-electron chi connectivity index (χ2n) is 6.79. The molecule has 3 rings (SSSR count). The van der Waals surface area contributed by atoms with Gasteiger partial charge < -0.3 is 4.74 Å². The summed E-state index contributed by atoms with van der Waals surface area (Å²) in [4.78, 5) is 0. The maximum atomic E-state index is 14.6. The molecule has 166 valence electrons. The van der Waals surface area contributed by atoms with Crippen LogP contribution in [0.15, 0.2) is 42.5 Å². The van der Waals surface area contributed by atoms with E-state index in [1.165, 1.54) is 26.9 Å². The Balaban J connectivity index is 1.99. The predicted molar refractivity (Wildman–Crippen MR) is 105 cm³/mol. The zero-order valence-corrected chi connectivity index (χ0v) is 16.6. The van der Waals surface area contributed by atoms with Crippen LogP contribution in [-0.4, -0.2) is 7.85 Å². The van der Waals surface area contributed by atoms with Crippen molar-refractivity contribution in [1.29, 1.82) is 0 Å². The van der Waals surface area contributed by atoms with Crippen molar-refractivity contribution in [2.45, 2.75) is 13.0 Å². The maximum Gasteiger partial charge on any atom is 0.432 e. The van der Waals surface area contributed by atoms with Crippen LogP contribution in [0, 0.1) is 34.9 Å². The first-order chi connectivity index (χ1) is 15.0. The highest BCUT2D eigenvalue weighted by atomic mass is 19.3. The van der Waals surface area contributed by atoms with Gasteiger partial charge >= 0.3 is 6.11 Å². The van der Waals surface area contributed by atoms with Crippen molar-refractivity contribution in [1.82, 2.24) is 0 Å². The van der Waals surface area contributed by atoms with Gasteiger partial charge in [0.1, 0.15) is 36.6 Å². The maximum absolute atomic E-state index is 14.6. The summed E-state index contributed by atoms with van der Waals surface area (Å²) < 4.78 is 117. The van der Waals surface area contributed by atoms with Crippen LogP contribution in [0.25, 0.3) is 17.2 Å². The summed E-state index contributed by atoms with van der Waals surface area (Å²) in [6.07, 6.45) is -1.97. The molecule has 0 aliphatic carbocycles. The molecule has 32 heavy (non-hydrogen) atoms. The summed E-state index contributed by atoms with van der Waals surface area (Å²) in [5, 5.41) is 0. The summed E-state index contributed by atoms with van der Waals surface area (Å²) in [7, 11) is 1.33. The Morgan fingerprint density at radius 2 is 1.44 bits per heavy atom. The van der Waals surface area contributed by atoms with Crippen LogP contribution in [0.1, 0.15) is 18.1 Å². The zero-order chi connectivity index (χ0) is 23.8.